The van der Waals surface area contributed by atoms with Crippen LogP contribution in [-0.2, 0) is 6.18 Å². The Hall–Kier alpha value is -2.58. The molecule has 0 spiro atoms. The molecule has 0 saturated carbocycles. The summed E-state index contributed by atoms with van der Waals surface area (Å²) < 4.78 is 37.3. The molecule has 0 aliphatic heterocycles. The summed E-state index contributed by atoms with van der Waals surface area (Å²) in [5.74, 6) is 4.64. The van der Waals surface area contributed by atoms with E-state index >= 15 is 0 Å². The fourth-order valence-corrected chi connectivity index (χ4v) is 1.32. The molecule has 2 aromatic heterocycles. The van der Waals surface area contributed by atoms with Crippen LogP contribution in [0.3, 0.4) is 0 Å². The van der Waals surface area contributed by atoms with Crippen LogP contribution in [0.2, 0.25) is 0 Å². The lowest BCUT2D eigenvalue weighted by Gasteiger charge is -2.08. The number of anilines is 1. The van der Waals surface area contributed by atoms with E-state index in [-0.39, 0.29) is 11.3 Å². The molecule has 0 radical (unpaired) electrons. The van der Waals surface area contributed by atoms with E-state index in [9.17, 15) is 18.0 Å². The van der Waals surface area contributed by atoms with Crippen LogP contribution in [0.15, 0.2) is 30.7 Å². The van der Waals surface area contributed by atoms with Crippen LogP contribution >= 0.6 is 0 Å². The zero-order valence-electron chi connectivity index (χ0n) is 9.35. The van der Waals surface area contributed by atoms with E-state index in [1.807, 2.05) is 0 Å². The fraction of sp³-hybridized carbons (Fsp3) is 0.100. The highest BCUT2D eigenvalue weighted by Gasteiger charge is 2.32. The van der Waals surface area contributed by atoms with Crippen molar-refractivity contribution in [2.75, 3.05) is 11.2 Å². The normalized spacial score (nSPS) is 11.3. The summed E-state index contributed by atoms with van der Waals surface area (Å²) in [4.78, 5) is 15.8. The molecule has 0 aromatic carbocycles. The zero-order chi connectivity index (χ0) is 14.0. The van der Waals surface area contributed by atoms with E-state index in [1.54, 1.807) is 0 Å². The number of alkyl halides is 3. The average Bonchev–Trinajstić information content (AvgIpc) is 2.75. The van der Waals surface area contributed by atoms with Gasteiger partial charge in [0.15, 0.2) is 0 Å². The van der Waals surface area contributed by atoms with Crippen LogP contribution in [0.25, 0.3) is 0 Å². The van der Waals surface area contributed by atoms with E-state index in [2.05, 4.69) is 15.4 Å². The maximum atomic E-state index is 12.4. The van der Waals surface area contributed by atoms with Crippen molar-refractivity contribution in [1.82, 2.24) is 14.9 Å². The molecule has 19 heavy (non-hydrogen) atoms. The molecule has 0 atom stereocenters. The zero-order valence-corrected chi connectivity index (χ0v) is 9.35. The van der Waals surface area contributed by atoms with Gasteiger partial charge in [-0.2, -0.15) is 23.1 Å². The SMILES string of the molecule is Nn1cc(C(=O)Nc2ccnc(C(F)(F)F)c2)cn1. The maximum Gasteiger partial charge on any atom is 0.433 e. The monoisotopic (exact) mass is 271 g/mol. The molecule has 2 aromatic rings. The smallest absolute Gasteiger partial charge is 0.323 e. The Labute approximate surface area is 105 Å². The Morgan fingerprint density at radius 3 is 2.74 bits per heavy atom. The van der Waals surface area contributed by atoms with E-state index in [4.69, 9.17) is 5.84 Å². The number of nitrogen functional groups attached to an aromatic ring is 1. The number of halogens is 3. The van der Waals surface area contributed by atoms with Crippen molar-refractivity contribution in [3.63, 3.8) is 0 Å². The Kier molecular flexibility index (Phi) is 3.11. The molecule has 0 bridgehead atoms. The Morgan fingerprint density at radius 1 is 1.42 bits per heavy atom. The van der Waals surface area contributed by atoms with Gasteiger partial charge in [-0.1, -0.05) is 0 Å². The molecule has 0 aliphatic rings. The number of rotatable bonds is 2. The van der Waals surface area contributed by atoms with Gasteiger partial charge in [-0.05, 0) is 12.1 Å². The molecular formula is C10H8F3N5O. The van der Waals surface area contributed by atoms with Gasteiger partial charge in [-0.15, -0.1) is 0 Å². The van der Waals surface area contributed by atoms with E-state index in [0.717, 1.165) is 17.1 Å². The van der Waals surface area contributed by atoms with Gasteiger partial charge in [0.1, 0.15) is 5.69 Å². The highest BCUT2D eigenvalue weighted by atomic mass is 19.4. The standard InChI is InChI=1S/C10H8F3N5O/c11-10(12,13)8-3-7(1-2-15-8)17-9(19)6-4-16-18(14)5-6/h1-5H,14H2,(H,15,17,19). The van der Waals surface area contributed by atoms with Gasteiger partial charge < -0.3 is 11.2 Å². The average molecular weight is 271 g/mol. The number of nitrogens with zero attached hydrogens (tertiary/aromatic N) is 3. The number of aromatic nitrogens is 3. The van der Waals surface area contributed by atoms with Gasteiger partial charge in [-0.25, -0.2) is 0 Å². The second-order valence-corrected chi connectivity index (χ2v) is 3.59. The van der Waals surface area contributed by atoms with Crippen LogP contribution in [0, 0.1) is 0 Å². The Balaban J connectivity index is 2.18. The largest absolute Gasteiger partial charge is 0.433 e. The summed E-state index contributed by atoms with van der Waals surface area (Å²) in [6, 6.07) is 1.99. The fourth-order valence-electron chi connectivity index (χ4n) is 1.32. The molecule has 0 aliphatic carbocycles. The minimum atomic E-state index is -4.57. The van der Waals surface area contributed by atoms with Crippen molar-refractivity contribution in [2.24, 2.45) is 0 Å². The molecule has 1 amide bonds. The van der Waals surface area contributed by atoms with Gasteiger partial charge in [0, 0.05) is 11.9 Å². The van der Waals surface area contributed by atoms with Crippen molar-refractivity contribution in [3.8, 4) is 0 Å². The summed E-state index contributed by atoms with van der Waals surface area (Å²) >= 11 is 0. The third kappa shape index (κ3) is 3.00. The minimum absolute atomic E-state index is 0.0166. The van der Waals surface area contributed by atoms with Crippen LogP contribution in [0.5, 0.6) is 0 Å². The molecule has 2 heterocycles. The molecule has 0 fully saturated rings. The highest BCUT2D eigenvalue weighted by Crippen LogP contribution is 2.28. The van der Waals surface area contributed by atoms with Crippen LogP contribution in [-0.4, -0.2) is 20.8 Å². The number of hydrogen-bond donors (Lipinski definition) is 2. The highest BCUT2D eigenvalue weighted by molar-refractivity contribution is 6.03. The van der Waals surface area contributed by atoms with Gasteiger partial charge in [0.25, 0.3) is 5.91 Å². The van der Waals surface area contributed by atoms with E-state index < -0.39 is 17.8 Å². The number of hydrogen-bond acceptors (Lipinski definition) is 4. The number of nitrogens with two attached hydrogens (primary N) is 1. The van der Waals surface area contributed by atoms with Gasteiger partial charge in [0.05, 0.1) is 18.0 Å². The van der Waals surface area contributed by atoms with Gasteiger partial charge in [0.2, 0.25) is 0 Å². The van der Waals surface area contributed by atoms with E-state index in [1.165, 1.54) is 18.5 Å². The topological polar surface area (TPSA) is 85.8 Å². The number of pyridine rings is 1. The predicted octanol–water partition coefficient (Wildman–Crippen LogP) is 1.26. The molecule has 6 nitrogen and oxygen atoms in total. The van der Waals surface area contributed by atoms with Crippen molar-refractivity contribution >= 4 is 11.6 Å². The molecule has 9 heteroatoms. The molecule has 100 valence electrons. The Morgan fingerprint density at radius 2 is 2.16 bits per heavy atom. The summed E-state index contributed by atoms with van der Waals surface area (Å²) in [7, 11) is 0. The summed E-state index contributed by atoms with van der Waals surface area (Å²) in [5.41, 5.74) is -0.968. The second kappa shape index (κ2) is 4.59. The van der Waals surface area contributed by atoms with Crippen molar-refractivity contribution in [1.29, 1.82) is 0 Å². The predicted molar refractivity (Wildman–Crippen MR) is 59.6 cm³/mol. The first-order valence-electron chi connectivity index (χ1n) is 5.00. The number of amides is 1. The molecule has 0 saturated heterocycles. The third-order valence-corrected chi connectivity index (χ3v) is 2.17. The first kappa shape index (κ1) is 12.9. The summed E-state index contributed by atoms with van der Waals surface area (Å²) in [6.07, 6.45) is -1.17. The van der Waals surface area contributed by atoms with E-state index in [0.29, 0.717) is 0 Å². The van der Waals surface area contributed by atoms with Gasteiger partial charge >= 0.3 is 6.18 Å². The third-order valence-electron chi connectivity index (χ3n) is 2.17. The maximum absolute atomic E-state index is 12.4. The lowest BCUT2D eigenvalue weighted by molar-refractivity contribution is -0.141. The minimum Gasteiger partial charge on any atom is -0.323 e. The van der Waals surface area contributed by atoms with Crippen molar-refractivity contribution in [3.05, 3.63) is 42.0 Å². The molecule has 3 N–H and O–H groups in total. The lowest BCUT2D eigenvalue weighted by atomic mass is 10.3. The molecular weight excluding hydrogens is 263 g/mol. The molecule has 2 rings (SSSR count). The molecule has 0 unspecified atom stereocenters. The van der Waals surface area contributed by atoms with Gasteiger partial charge in [-0.3, -0.25) is 9.78 Å². The van der Waals surface area contributed by atoms with Crippen molar-refractivity contribution < 1.29 is 18.0 Å². The van der Waals surface area contributed by atoms with Crippen LogP contribution < -0.4 is 11.2 Å². The first-order chi connectivity index (χ1) is 8.86. The number of carbonyl (C=O) groups is 1. The quantitative estimate of drug-likeness (QED) is 0.805. The lowest BCUT2D eigenvalue weighted by Crippen LogP contribution is -2.14. The van der Waals surface area contributed by atoms with Crippen LogP contribution in [0.1, 0.15) is 16.1 Å². The number of carbonyl (C=O) groups excluding carboxylic acids is 1. The summed E-state index contributed by atoms with van der Waals surface area (Å²) in [5, 5.41) is 5.87. The first-order valence-corrected chi connectivity index (χ1v) is 5.00. The summed E-state index contributed by atoms with van der Waals surface area (Å²) in [6.45, 7) is 0. The second-order valence-electron chi connectivity index (χ2n) is 3.59. The Bertz CT molecular complexity index is 607. The number of nitrogens with one attached hydrogen (secondary N) is 1. The van der Waals surface area contributed by atoms with Crippen LogP contribution in [0.4, 0.5) is 18.9 Å². The van der Waals surface area contributed by atoms with Crippen molar-refractivity contribution in [2.45, 2.75) is 6.18 Å².